The van der Waals surface area contributed by atoms with E-state index in [0.717, 1.165) is 38.5 Å². The van der Waals surface area contributed by atoms with Crippen molar-refractivity contribution in [3.63, 3.8) is 0 Å². The molecule has 0 spiro atoms. The van der Waals surface area contributed by atoms with Crippen LogP contribution in [0.3, 0.4) is 0 Å². The third-order valence-electron chi connectivity index (χ3n) is 2.78. The Morgan fingerprint density at radius 3 is 1.89 bits per heavy atom. The lowest BCUT2D eigenvalue weighted by molar-refractivity contribution is 0.397. The first-order chi connectivity index (χ1) is 8.85. The van der Waals surface area contributed by atoms with E-state index < -0.39 is 0 Å². The summed E-state index contributed by atoms with van der Waals surface area (Å²) in [6.07, 6.45) is 8.71. The van der Waals surface area contributed by atoms with Crippen molar-refractivity contribution in [1.82, 2.24) is 0 Å². The molecule has 0 saturated heterocycles. The lowest BCUT2D eigenvalue weighted by Crippen LogP contribution is -2.03. The van der Waals surface area contributed by atoms with Gasteiger partial charge in [-0.15, -0.1) is 0 Å². The van der Waals surface area contributed by atoms with Crippen molar-refractivity contribution >= 4 is 12.2 Å². The second kappa shape index (κ2) is 13.3. The molecule has 5 heteroatoms. The van der Waals surface area contributed by atoms with E-state index >= 15 is 0 Å². The molecule has 0 bridgehead atoms. The van der Waals surface area contributed by atoms with Crippen LogP contribution in [0.5, 0.6) is 0 Å². The molecule has 0 aliphatic rings. The molecule has 0 aromatic rings. The molecule has 98 valence electrons. The zero-order chi connectivity index (χ0) is 13.5. The first-order valence-corrected chi connectivity index (χ1v) is 6.25. The third kappa shape index (κ3) is 10.8. The molecular weight excluding hydrogens is 230 g/mol. The maximum atomic E-state index is 9.93. The monoisotopic (exact) mass is 249 g/mol. The lowest BCUT2D eigenvalue weighted by Gasteiger charge is -2.14. The number of hydrogen-bond donors (Lipinski definition) is 0. The van der Waals surface area contributed by atoms with Gasteiger partial charge in [-0.1, -0.05) is 0 Å². The van der Waals surface area contributed by atoms with Crippen LogP contribution in [0.1, 0.15) is 38.5 Å². The molecule has 0 saturated carbocycles. The molecule has 0 unspecified atom stereocenters. The van der Waals surface area contributed by atoms with Gasteiger partial charge in [0, 0.05) is 6.42 Å². The Bertz CT molecular complexity index is 313. The lowest BCUT2D eigenvalue weighted by atomic mass is 9.93. The van der Waals surface area contributed by atoms with Crippen LogP contribution in [0.4, 0.5) is 0 Å². The fourth-order valence-electron chi connectivity index (χ4n) is 1.90. The maximum Gasteiger partial charge on any atom is 0.234 e. The summed E-state index contributed by atoms with van der Waals surface area (Å²) in [5.74, 6) is 0.524. The molecule has 0 amide bonds. The summed E-state index contributed by atoms with van der Waals surface area (Å²) in [6.45, 7) is 8.35. The molecule has 5 nitrogen and oxygen atoms in total. The first kappa shape index (κ1) is 16.2. The molecule has 0 heterocycles. The summed E-state index contributed by atoms with van der Waals surface area (Å²) in [6, 6.07) is 0. The maximum absolute atomic E-state index is 9.93. The van der Waals surface area contributed by atoms with Crippen molar-refractivity contribution in [2.45, 2.75) is 38.5 Å². The van der Waals surface area contributed by atoms with Gasteiger partial charge in [-0.05, 0) is 38.0 Å². The van der Waals surface area contributed by atoms with Crippen LogP contribution in [0.25, 0.3) is 4.85 Å². The molecule has 0 radical (unpaired) electrons. The van der Waals surface area contributed by atoms with Gasteiger partial charge in [-0.25, -0.2) is 26.1 Å². The molecule has 0 atom stereocenters. The Kier molecular flexibility index (Phi) is 12.0. The number of carbonyl (C=O) groups excluding carboxylic acids is 2. The number of hydrogen-bond acceptors (Lipinski definition) is 4. The number of rotatable bonds is 11. The number of isocyanates is 2. The van der Waals surface area contributed by atoms with Crippen LogP contribution in [0.2, 0.25) is 0 Å². The molecular formula is C13H19N3O2. The highest BCUT2D eigenvalue weighted by Crippen LogP contribution is 2.19. The van der Waals surface area contributed by atoms with Crippen LogP contribution >= 0.6 is 0 Å². The van der Waals surface area contributed by atoms with Crippen molar-refractivity contribution in [3.05, 3.63) is 11.4 Å². The van der Waals surface area contributed by atoms with Gasteiger partial charge in [-0.2, -0.15) is 0 Å². The zero-order valence-electron chi connectivity index (χ0n) is 10.6. The molecule has 0 aromatic heterocycles. The van der Waals surface area contributed by atoms with Crippen LogP contribution < -0.4 is 0 Å². The van der Waals surface area contributed by atoms with E-state index in [1.807, 2.05) is 0 Å². The summed E-state index contributed by atoms with van der Waals surface area (Å²) in [5.41, 5.74) is 0. The number of aliphatic imine (C=N–C) groups is 2. The predicted octanol–water partition coefficient (Wildman–Crippen LogP) is 2.53. The highest BCUT2D eigenvalue weighted by atomic mass is 16.1. The van der Waals surface area contributed by atoms with Gasteiger partial charge >= 0.3 is 0 Å². The Morgan fingerprint density at radius 2 is 1.44 bits per heavy atom. The van der Waals surface area contributed by atoms with Crippen molar-refractivity contribution < 1.29 is 9.59 Å². The van der Waals surface area contributed by atoms with E-state index in [4.69, 9.17) is 6.57 Å². The minimum Gasteiger partial charge on any atom is -0.317 e. The van der Waals surface area contributed by atoms with Gasteiger partial charge in [-0.3, -0.25) is 0 Å². The SMILES string of the molecule is [C-]#[N+]CCCC(CCCN=C=O)CCCN=C=O. The van der Waals surface area contributed by atoms with E-state index in [9.17, 15) is 9.59 Å². The Balaban J connectivity index is 3.86. The van der Waals surface area contributed by atoms with Crippen molar-refractivity contribution in [3.8, 4) is 0 Å². The fraction of sp³-hybridized carbons (Fsp3) is 0.769. The zero-order valence-corrected chi connectivity index (χ0v) is 10.6. The van der Waals surface area contributed by atoms with E-state index in [2.05, 4.69) is 14.8 Å². The highest BCUT2D eigenvalue weighted by molar-refractivity contribution is 5.32. The third-order valence-corrected chi connectivity index (χ3v) is 2.78. The molecule has 0 fully saturated rings. The van der Waals surface area contributed by atoms with Crippen LogP contribution in [-0.4, -0.2) is 31.8 Å². The van der Waals surface area contributed by atoms with Gasteiger partial charge in [0.15, 0.2) is 0 Å². The largest absolute Gasteiger partial charge is 0.317 e. The van der Waals surface area contributed by atoms with E-state index in [1.54, 1.807) is 0 Å². The molecule has 0 rings (SSSR count). The van der Waals surface area contributed by atoms with E-state index in [1.165, 1.54) is 12.2 Å². The number of nitrogens with zero attached hydrogens (tertiary/aromatic N) is 3. The second-order valence-electron chi connectivity index (χ2n) is 4.12. The van der Waals surface area contributed by atoms with Crippen LogP contribution in [-0.2, 0) is 9.59 Å². The van der Waals surface area contributed by atoms with Crippen molar-refractivity contribution in [1.29, 1.82) is 0 Å². The highest BCUT2D eigenvalue weighted by Gasteiger charge is 2.08. The van der Waals surface area contributed by atoms with Gasteiger partial charge < -0.3 is 4.85 Å². The van der Waals surface area contributed by atoms with Gasteiger partial charge in [0.25, 0.3) is 0 Å². The summed E-state index contributed by atoms with van der Waals surface area (Å²) >= 11 is 0. The van der Waals surface area contributed by atoms with Crippen molar-refractivity contribution in [2.24, 2.45) is 15.9 Å². The Morgan fingerprint density at radius 1 is 0.944 bits per heavy atom. The van der Waals surface area contributed by atoms with Crippen molar-refractivity contribution in [2.75, 3.05) is 19.6 Å². The summed E-state index contributed by atoms with van der Waals surface area (Å²) < 4.78 is 0. The Hall–Kier alpha value is -1.75. The smallest absolute Gasteiger partial charge is 0.234 e. The average molecular weight is 249 g/mol. The van der Waals surface area contributed by atoms with E-state index in [-0.39, 0.29) is 0 Å². The molecule has 0 aliphatic carbocycles. The molecule has 0 aliphatic heterocycles. The Labute approximate surface area is 108 Å². The van der Waals surface area contributed by atoms with Gasteiger partial charge in [0.2, 0.25) is 18.7 Å². The summed E-state index contributed by atoms with van der Waals surface area (Å²) in [4.78, 5) is 30.3. The van der Waals surface area contributed by atoms with E-state index in [0.29, 0.717) is 25.6 Å². The quantitative estimate of drug-likeness (QED) is 0.244. The predicted molar refractivity (Wildman–Crippen MR) is 68.6 cm³/mol. The topological polar surface area (TPSA) is 63.2 Å². The van der Waals surface area contributed by atoms with Gasteiger partial charge in [0.1, 0.15) is 0 Å². The van der Waals surface area contributed by atoms with Gasteiger partial charge in [0.05, 0.1) is 13.1 Å². The summed E-state index contributed by atoms with van der Waals surface area (Å²) in [7, 11) is 0. The molecule has 18 heavy (non-hydrogen) atoms. The first-order valence-electron chi connectivity index (χ1n) is 6.25. The summed E-state index contributed by atoms with van der Waals surface area (Å²) in [5, 5.41) is 0. The van der Waals surface area contributed by atoms with Crippen LogP contribution in [0, 0.1) is 12.5 Å². The average Bonchev–Trinajstić information content (AvgIpc) is 2.39. The molecule has 0 N–H and O–H groups in total. The second-order valence-corrected chi connectivity index (χ2v) is 4.12. The molecule has 0 aromatic carbocycles. The normalized spacial score (nSPS) is 10.8. The fourth-order valence-corrected chi connectivity index (χ4v) is 1.90. The standard InChI is InChI=1S/C13H19N3O2/c1-14-8-2-5-13(6-3-9-15-11-17)7-4-10-16-12-18/h13H,2-10H2. The minimum atomic E-state index is 0.523. The minimum absolute atomic E-state index is 0.523. The van der Waals surface area contributed by atoms with Crippen LogP contribution in [0.15, 0.2) is 9.98 Å².